The van der Waals surface area contributed by atoms with Gasteiger partial charge in [0.25, 0.3) is 0 Å². The highest BCUT2D eigenvalue weighted by atomic mass is 15.3. The summed E-state index contributed by atoms with van der Waals surface area (Å²) in [6, 6.07) is 0. The van der Waals surface area contributed by atoms with Gasteiger partial charge in [-0.3, -0.25) is 9.89 Å². The van der Waals surface area contributed by atoms with E-state index in [1.165, 1.54) is 0 Å². The van der Waals surface area contributed by atoms with E-state index in [4.69, 9.17) is 0 Å². The third kappa shape index (κ3) is 6.12. The highest BCUT2D eigenvalue weighted by Crippen LogP contribution is 2.08. The van der Waals surface area contributed by atoms with Crippen LogP contribution in [-0.2, 0) is 0 Å². The second kappa shape index (κ2) is 11.2. The molecule has 2 aliphatic heterocycles. The van der Waals surface area contributed by atoms with Gasteiger partial charge in [-0.05, 0) is 19.2 Å². The Bertz CT molecular complexity index is 245. The molecule has 1 unspecified atom stereocenters. The summed E-state index contributed by atoms with van der Waals surface area (Å²) in [5, 5.41) is 0. The molecule has 0 aliphatic carbocycles. The summed E-state index contributed by atoms with van der Waals surface area (Å²) < 4.78 is 0. The van der Waals surface area contributed by atoms with Crippen LogP contribution in [0.1, 0.15) is 27.7 Å². The minimum atomic E-state index is 0.249. The lowest BCUT2D eigenvalue weighted by Crippen LogP contribution is -2.47. The number of hydrogen-bond acceptors (Lipinski definition) is 3. The molecular formula is C15H29N3. The standard InChI is InChI=1S/C11H17N3.2C2H6/c1-13-7-9-14(10-8-13)11-5-3-2-4-6-12-11;2*1-2/h2-6,11H,7-10H2,1H3;2*1-2H3. The number of nitrogens with zero attached hydrogens (tertiary/aromatic N) is 3. The van der Waals surface area contributed by atoms with Crippen LogP contribution in [0.3, 0.4) is 0 Å². The monoisotopic (exact) mass is 251 g/mol. The molecule has 0 saturated carbocycles. The molecule has 3 nitrogen and oxygen atoms in total. The molecule has 0 bridgehead atoms. The van der Waals surface area contributed by atoms with Crippen molar-refractivity contribution in [3.8, 4) is 0 Å². The van der Waals surface area contributed by atoms with Gasteiger partial charge < -0.3 is 4.90 Å². The van der Waals surface area contributed by atoms with Crippen LogP contribution in [0.5, 0.6) is 0 Å². The number of rotatable bonds is 1. The number of hydrogen-bond donors (Lipinski definition) is 0. The van der Waals surface area contributed by atoms with Crippen molar-refractivity contribution in [2.45, 2.75) is 33.9 Å². The minimum Gasteiger partial charge on any atom is -0.304 e. The van der Waals surface area contributed by atoms with E-state index in [-0.39, 0.29) is 6.17 Å². The van der Waals surface area contributed by atoms with Crippen molar-refractivity contribution in [2.24, 2.45) is 4.99 Å². The highest BCUT2D eigenvalue weighted by molar-refractivity contribution is 5.72. The maximum absolute atomic E-state index is 4.48. The van der Waals surface area contributed by atoms with Gasteiger partial charge in [0.05, 0.1) is 0 Å². The molecule has 2 heterocycles. The van der Waals surface area contributed by atoms with Crippen LogP contribution in [0, 0.1) is 0 Å². The first kappa shape index (κ1) is 17.1. The summed E-state index contributed by atoms with van der Waals surface area (Å²) in [7, 11) is 2.17. The lowest BCUT2D eigenvalue weighted by Gasteiger charge is -2.34. The van der Waals surface area contributed by atoms with E-state index in [9.17, 15) is 0 Å². The largest absolute Gasteiger partial charge is 0.304 e. The SMILES string of the molecule is CC.CC.CN1CCN(C2C=CC=CC=N2)CC1. The molecule has 0 amide bonds. The number of piperazine rings is 1. The zero-order chi connectivity index (χ0) is 13.8. The first-order valence-corrected chi connectivity index (χ1v) is 7.15. The molecule has 3 heteroatoms. The summed E-state index contributed by atoms with van der Waals surface area (Å²) in [6.07, 6.45) is 10.4. The van der Waals surface area contributed by atoms with Gasteiger partial charge in [0, 0.05) is 32.4 Å². The van der Waals surface area contributed by atoms with Crippen LogP contribution in [-0.4, -0.2) is 55.4 Å². The summed E-state index contributed by atoms with van der Waals surface area (Å²) in [4.78, 5) is 9.26. The van der Waals surface area contributed by atoms with Crippen molar-refractivity contribution < 1.29 is 0 Å². The van der Waals surface area contributed by atoms with E-state index in [0.29, 0.717) is 0 Å². The Morgan fingerprint density at radius 2 is 1.50 bits per heavy atom. The third-order valence-corrected chi connectivity index (χ3v) is 2.74. The molecule has 18 heavy (non-hydrogen) atoms. The molecule has 1 saturated heterocycles. The van der Waals surface area contributed by atoms with Gasteiger partial charge in [-0.25, -0.2) is 0 Å². The molecule has 104 valence electrons. The van der Waals surface area contributed by atoms with Crippen LogP contribution in [0.4, 0.5) is 0 Å². The van der Waals surface area contributed by atoms with Gasteiger partial charge in [0.1, 0.15) is 6.17 Å². The topological polar surface area (TPSA) is 18.8 Å². The zero-order valence-electron chi connectivity index (χ0n) is 12.6. The quantitative estimate of drug-likeness (QED) is 0.713. The summed E-state index contributed by atoms with van der Waals surface area (Å²) in [5.74, 6) is 0. The fourth-order valence-electron chi connectivity index (χ4n) is 1.77. The highest BCUT2D eigenvalue weighted by Gasteiger charge is 2.19. The molecule has 0 aromatic carbocycles. The molecule has 1 atom stereocenters. The predicted octanol–water partition coefficient (Wildman–Crippen LogP) is 2.81. The molecule has 0 aromatic heterocycles. The minimum absolute atomic E-state index is 0.249. The van der Waals surface area contributed by atoms with Crippen molar-refractivity contribution in [1.82, 2.24) is 9.80 Å². The van der Waals surface area contributed by atoms with Crippen molar-refractivity contribution in [2.75, 3.05) is 33.2 Å². The lowest BCUT2D eigenvalue weighted by molar-refractivity contribution is 0.133. The third-order valence-electron chi connectivity index (χ3n) is 2.74. The zero-order valence-corrected chi connectivity index (χ0v) is 12.6. The van der Waals surface area contributed by atoms with E-state index in [1.807, 2.05) is 46.1 Å². The Balaban J connectivity index is 0.000000659. The molecule has 0 aromatic rings. The van der Waals surface area contributed by atoms with E-state index >= 15 is 0 Å². The van der Waals surface area contributed by atoms with E-state index in [2.05, 4.69) is 34.0 Å². The lowest BCUT2D eigenvalue weighted by atomic mass is 10.3. The Kier molecular flexibility index (Phi) is 10.6. The molecule has 2 aliphatic rings. The van der Waals surface area contributed by atoms with Crippen molar-refractivity contribution >= 4 is 6.21 Å². The van der Waals surface area contributed by atoms with Gasteiger partial charge in [-0.1, -0.05) is 39.8 Å². The smallest absolute Gasteiger partial charge is 0.121 e. The fourth-order valence-corrected chi connectivity index (χ4v) is 1.77. The predicted molar refractivity (Wildman–Crippen MR) is 82.3 cm³/mol. The van der Waals surface area contributed by atoms with Crippen LogP contribution in [0.2, 0.25) is 0 Å². The maximum atomic E-state index is 4.48. The Morgan fingerprint density at radius 3 is 2.11 bits per heavy atom. The Hall–Kier alpha value is -0.930. The number of likely N-dealkylation sites (N-methyl/N-ethyl adjacent to an activating group) is 1. The van der Waals surface area contributed by atoms with Crippen molar-refractivity contribution in [3.63, 3.8) is 0 Å². The van der Waals surface area contributed by atoms with Gasteiger partial charge >= 0.3 is 0 Å². The first-order valence-electron chi connectivity index (χ1n) is 7.15. The Morgan fingerprint density at radius 1 is 0.889 bits per heavy atom. The fraction of sp³-hybridized carbons (Fsp3) is 0.667. The second-order valence-corrected chi connectivity index (χ2v) is 3.82. The molecule has 0 spiro atoms. The maximum Gasteiger partial charge on any atom is 0.121 e. The summed E-state index contributed by atoms with van der Waals surface area (Å²) in [6.45, 7) is 12.5. The average Bonchev–Trinajstić information content (AvgIpc) is 2.73. The van der Waals surface area contributed by atoms with Crippen molar-refractivity contribution in [3.05, 3.63) is 24.3 Å². The van der Waals surface area contributed by atoms with Gasteiger partial charge in [-0.2, -0.15) is 0 Å². The molecule has 0 N–H and O–H groups in total. The molecule has 2 rings (SSSR count). The van der Waals surface area contributed by atoms with E-state index < -0.39 is 0 Å². The van der Waals surface area contributed by atoms with E-state index in [1.54, 1.807) is 0 Å². The van der Waals surface area contributed by atoms with Gasteiger partial charge in [0.15, 0.2) is 0 Å². The number of allylic oxidation sites excluding steroid dienone is 3. The Labute approximate surface area is 113 Å². The van der Waals surface area contributed by atoms with Crippen LogP contribution in [0.25, 0.3) is 0 Å². The second-order valence-electron chi connectivity index (χ2n) is 3.82. The molecular weight excluding hydrogens is 222 g/mol. The van der Waals surface area contributed by atoms with Crippen LogP contribution < -0.4 is 0 Å². The number of aliphatic imine (C=N–C) groups is 1. The van der Waals surface area contributed by atoms with Gasteiger partial charge in [0.2, 0.25) is 0 Å². The molecule has 0 radical (unpaired) electrons. The molecule has 1 fully saturated rings. The first-order chi connectivity index (χ1) is 8.86. The summed E-state index contributed by atoms with van der Waals surface area (Å²) >= 11 is 0. The van der Waals surface area contributed by atoms with Crippen LogP contribution in [0.15, 0.2) is 29.3 Å². The van der Waals surface area contributed by atoms with Gasteiger partial charge in [-0.15, -0.1) is 0 Å². The van der Waals surface area contributed by atoms with Crippen molar-refractivity contribution in [1.29, 1.82) is 0 Å². The van der Waals surface area contributed by atoms with Crippen LogP contribution >= 0.6 is 0 Å². The summed E-state index contributed by atoms with van der Waals surface area (Å²) in [5.41, 5.74) is 0. The van der Waals surface area contributed by atoms with E-state index in [0.717, 1.165) is 26.2 Å². The average molecular weight is 251 g/mol. The normalized spacial score (nSPS) is 23.5.